The van der Waals surface area contributed by atoms with Crippen molar-refractivity contribution in [1.29, 1.82) is 0 Å². The average Bonchev–Trinajstić information content (AvgIpc) is 2.49. The van der Waals surface area contributed by atoms with Gasteiger partial charge in [-0.3, -0.25) is 0 Å². The molecule has 1 nitrogen and oxygen atoms in total. The van der Waals surface area contributed by atoms with E-state index in [2.05, 4.69) is 31.2 Å². The molecule has 0 aliphatic rings. The molecule has 0 saturated heterocycles. The van der Waals surface area contributed by atoms with E-state index >= 15 is 0 Å². The molecule has 0 fully saturated rings. The number of rotatable bonds is 2. The Hall–Kier alpha value is -2.54. The summed E-state index contributed by atoms with van der Waals surface area (Å²) >= 11 is 0. The van der Waals surface area contributed by atoms with Gasteiger partial charge in [-0.1, -0.05) is 72.3 Å². The number of phenols is 1. The van der Waals surface area contributed by atoms with Crippen molar-refractivity contribution in [1.82, 2.24) is 0 Å². The van der Waals surface area contributed by atoms with Crippen LogP contribution in [0.4, 0.5) is 0 Å². The zero-order valence-corrected chi connectivity index (χ0v) is 11.4. The fraction of sp³-hybridized carbons (Fsp3) is 0.0526. The molecule has 0 heterocycles. The molecule has 20 heavy (non-hydrogen) atoms. The van der Waals surface area contributed by atoms with Gasteiger partial charge in [0, 0.05) is 5.56 Å². The molecule has 0 aliphatic carbocycles. The number of phenolic OH excluding ortho intramolecular Hbond substituents is 1. The van der Waals surface area contributed by atoms with Crippen molar-refractivity contribution < 1.29 is 5.11 Å². The largest absolute Gasteiger partial charge is 0.507 e. The van der Waals surface area contributed by atoms with Gasteiger partial charge in [-0.2, -0.15) is 0 Å². The second-order valence-corrected chi connectivity index (χ2v) is 4.96. The second-order valence-electron chi connectivity index (χ2n) is 4.96. The third-order valence-electron chi connectivity index (χ3n) is 3.47. The normalized spacial score (nSPS) is 10.4. The lowest BCUT2D eigenvalue weighted by Gasteiger charge is -2.08. The van der Waals surface area contributed by atoms with Crippen LogP contribution in [-0.2, 0) is 0 Å². The summed E-state index contributed by atoms with van der Waals surface area (Å²) in [7, 11) is 0. The Balaban J connectivity index is 2.01. The van der Waals surface area contributed by atoms with E-state index in [1.165, 1.54) is 5.56 Å². The van der Waals surface area contributed by atoms with Gasteiger partial charge in [0.25, 0.3) is 0 Å². The molecule has 0 saturated carbocycles. The van der Waals surface area contributed by atoms with Crippen LogP contribution in [0.5, 0.6) is 5.75 Å². The van der Waals surface area contributed by atoms with Crippen molar-refractivity contribution >= 4 is 0 Å². The lowest BCUT2D eigenvalue weighted by Crippen LogP contribution is -1.82. The van der Waals surface area contributed by atoms with Crippen LogP contribution in [0.2, 0.25) is 0 Å². The van der Waals surface area contributed by atoms with Gasteiger partial charge in [0.15, 0.2) is 0 Å². The highest BCUT2D eigenvalue weighted by Crippen LogP contribution is 2.33. The van der Waals surface area contributed by atoms with Crippen LogP contribution in [0, 0.1) is 6.92 Å². The molecule has 1 N–H and O–H groups in total. The number of hydrogen-bond donors (Lipinski definition) is 1. The third-order valence-corrected chi connectivity index (χ3v) is 3.47. The highest BCUT2D eigenvalue weighted by atomic mass is 16.3. The Labute approximate surface area is 119 Å². The molecule has 3 aromatic rings. The SMILES string of the molecule is Cc1ccc(-c2ccc(-c3ccccc3)c(O)c2)cc1. The first-order valence-corrected chi connectivity index (χ1v) is 6.69. The van der Waals surface area contributed by atoms with E-state index in [1.807, 2.05) is 48.5 Å². The smallest absolute Gasteiger partial charge is 0.124 e. The molecule has 98 valence electrons. The predicted molar refractivity (Wildman–Crippen MR) is 83.7 cm³/mol. The molecule has 3 rings (SSSR count). The molecule has 1 heteroatoms. The summed E-state index contributed by atoms with van der Waals surface area (Å²) in [6, 6.07) is 24.1. The highest BCUT2D eigenvalue weighted by molar-refractivity contribution is 5.76. The van der Waals surface area contributed by atoms with Gasteiger partial charge in [-0.05, 0) is 29.7 Å². The summed E-state index contributed by atoms with van der Waals surface area (Å²) in [6.45, 7) is 2.07. The van der Waals surface area contributed by atoms with E-state index < -0.39 is 0 Å². The summed E-state index contributed by atoms with van der Waals surface area (Å²) in [5.41, 5.74) is 5.27. The Morgan fingerprint density at radius 3 is 1.95 bits per heavy atom. The lowest BCUT2D eigenvalue weighted by atomic mass is 9.99. The maximum absolute atomic E-state index is 10.3. The first-order chi connectivity index (χ1) is 9.74. The maximum atomic E-state index is 10.3. The highest BCUT2D eigenvalue weighted by Gasteiger charge is 2.06. The molecule has 0 unspecified atom stereocenters. The van der Waals surface area contributed by atoms with Gasteiger partial charge < -0.3 is 5.11 Å². The fourth-order valence-electron chi connectivity index (χ4n) is 2.32. The molecule has 3 aromatic carbocycles. The number of benzene rings is 3. The van der Waals surface area contributed by atoms with Crippen LogP contribution in [0.3, 0.4) is 0 Å². The minimum atomic E-state index is 0.314. The van der Waals surface area contributed by atoms with E-state index in [4.69, 9.17) is 0 Å². The Kier molecular flexibility index (Phi) is 3.26. The third kappa shape index (κ3) is 2.43. The minimum absolute atomic E-state index is 0.314. The zero-order chi connectivity index (χ0) is 13.9. The fourth-order valence-corrected chi connectivity index (χ4v) is 2.32. The number of hydrogen-bond acceptors (Lipinski definition) is 1. The van der Waals surface area contributed by atoms with Gasteiger partial charge in [-0.25, -0.2) is 0 Å². The first kappa shape index (κ1) is 12.5. The maximum Gasteiger partial charge on any atom is 0.124 e. The first-order valence-electron chi connectivity index (χ1n) is 6.69. The van der Waals surface area contributed by atoms with Crippen molar-refractivity contribution in [2.45, 2.75) is 6.92 Å². The molecule has 0 spiro atoms. The Morgan fingerprint density at radius 2 is 1.30 bits per heavy atom. The van der Waals surface area contributed by atoms with Gasteiger partial charge >= 0.3 is 0 Å². The van der Waals surface area contributed by atoms with E-state index in [0.29, 0.717) is 5.75 Å². The zero-order valence-electron chi connectivity index (χ0n) is 11.4. The quantitative estimate of drug-likeness (QED) is 0.684. The molecule has 0 bridgehead atoms. The van der Waals surface area contributed by atoms with Crippen molar-refractivity contribution in [3.05, 3.63) is 78.4 Å². The topological polar surface area (TPSA) is 20.2 Å². The summed E-state index contributed by atoms with van der Waals surface area (Å²) in [5, 5.41) is 10.3. The molecule has 0 atom stereocenters. The number of aromatic hydroxyl groups is 1. The minimum Gasteiger partial charge on any atom is -0.507 e. The van der Waals surface area contributed by atoms with Crippen molar-refractivity contribution in [2.75, 3.05) is 0 Å². The summed E-state index contributed by atoms with van der Waals surface area (Å²) in [6.07, 6.45) is 0. The van der Waals surface area contributed by atoms with Gasteiger partial charge in [-0.15, -0.1) is 0 Å². The monoisotopic (exact) mass is 260 g/mol. The van der Waals surface area contributed by atoms with Gasteiger partial charge in [0.05, 0.1) is 0 Å². The molecule has 0 aromatic heterocycles. The van der Waals surface area contributed by atoms with Crippen LogP contribution in [0.25, 0.3) is 22.3 Å². The molecule has 0 radical (unpaired) electrons. The lowest BCUT2D eigenvalue weighted by molar-refractivity contribution is 0.477. The van der Waals surface area contributed by atoms with E-state index in [0.717, 1.165) is 22.3 Å². The average molecular weight is 260 g/mol. The Bertz CT molecular complexity index is 713. The molecular formula is C19H16O. The predicted octanol–water partition coefficient (Wildman–Crippen LogP) is 5.03. The second kappa shape index (κ2) is 5.22. The van der Waals surface area contributed by atoms with Crippen molar-refractivity contribution in [3.63, 3.8) is 0 Å². The number of aryl methyl sites for hydroxylation is 1. The van der Waals surface area contributed by atoms with Crippen LogP contribution in [-0.4, -0.2) is 5.11 Å². The standard InChI is InChI=1S/C19H16O/c1-14-7-9-15(10-8-14)17-11-12-18(19(20)13-17)16-5-3-2-4-6-16/h2-13,20H,1H3. The molecule has 0 aliphatic heterocycles. The van der Waals surface area contributed by atoms with Crippen LogP contribution in [0.15, 0.2) is 72.8 Å². The van der Waals surface area contributed by atoms with Crippen molar-refractivity contribution in [3.8, 4) is 28.0 Å². The Morgan fingerprint density at radius 1 is 0.650 bits per heavy atom. The van der Waals surface area contributed by atoms with E-state index in [9.17, 15) is 5.11 Å². The van der Waals surface area contributed by atoms with Crippen LogP contribution >= 0.6 is 0 Å². The van der Waals surface area contributed by atoms with Crippen molar-refractivity contribution in [2.24, 2.45) is 0 Å². The molecular weight excluding hydrogens is 244 g/mol. The van der Waals surface area contributed by atoms with Gasteiger partial charge in [0.2, 0.25) is 0 Å². The van der Waals surface area contributed by atoms with Gasteiger partial charge in [0.1, 0.15) is 5.75 Å². The van der Waals surface area contributed by atoms with E-state index in [1.54, 1.807) is 0 Å². The van der Waals surface area contributed by atoms with Crippen LogP contribution < -0.4 is 0 Å². The van der Waals surface area contributed by atoms with Crippen LogP contribution in [0.1, 0.15) is 5.56 Å². The summed E-state index contributed by atoms with van der Waals surface area (Å²) < 4.78 is 0. The molecule has 0 amide bonds. The summed E-state index contributed by atoms with van der Waals surface area (Å²) in [4.78, 5) is 0. The van der Waals surface area contributed by atoms with E-state index in [-0.39, 0.29) is 0 Å². The summed E-state index contributed by atoms with van der Waals surface area (Å²) in [5.74, 6) is 0.314.